The quantitative estimate of drug-likeness (QED) is 0.772. The maximum absolute atomic E-state index is 12.3. The number of carbonyl (C=O) groups is 1. The summed E-state index contributed by atoms with van der Waals surface area (Å²) in [6.45, 7) is 4.06. The summed E-state index contributed by atoms with van der Waals surface area (Å²) in [6, 6.07) is 9.80. The van der Waals surface area contributed by atoms with Gasteiger partial charge in [0.15, 0.2) is 5.78 Å². The van der Waals surface area contributed by atoms with Gasteiger partial charge in [-0.2, -0.15) is 0 Å². The van der Waals surface area contributed by atoms with E-state index in [0.717, 1.165) is 28.2 Å². The first-order valence-electron chi connectivity index (χ1n) is 6.23. The van der Waals surface area contributed by atoms with Crippen LogP contribution in [-0.2, 0) is 0 Å². The third-order valence-electron chi connectivity index (χ3n) is 3.08. The van der Waals surface area contributed by atoms with Gasteiger partial charge in [0.1, 0.15) is 5.69 Å². The van der Waals surface area contributed by atoms with Crippen LogP contribution in [0.5, 0.6) is 0 Å². The molecule has 0 aliphatic rings. The van der Waals surface area contributed by atoms with E-state index in [1.165, 1.54) is 0 Å². The lowest BCUT2D eigenvalue weighted by Crippen LogP contribution is -2.13. The number of halogens is 1. The van der Waals surface area contributed by atoms with Gasteiger partial charge in [0.25, 0.3) is 0 Å². The molecule has 0 N–H and O–H groups in total. The first kappa shape index (κ1) is 13.2. The summed E-state index contributed by atoms with van der Waals surface area (Å²) in [4.78, 5) is 16.8. The summed E-state index contributed by atoms with van der Waals surface area (Å²) in [5.74, 6) is 0.148. The second kappa shape index (κ2) is 5.61. The third kappa shape index (κ3) is 2.61. The fourth-order valence-electron chi connectivity index (χ4n) is 2.06. The first-order chi connectivity index (χ1) is 8.63. The van der Waals surface area contributed by atoms with E-state index < -0.39 is 0 Å². The molecule has 94 valence electrons. The summed E-state index contributed by atoms with van der Waals surface area (Å²) in [6.07, 6.45) is 1.91. The Morgan fingerprint density at radius 2 is 2.11 bits per heavy atom. The Balaban J connectivity index is 2.44. The predicted molar refractivity (Wildman–Crippen MR) is 77.8 cm³/mol. The minimum absolute atomic E-state index is 0.0277. The lowest BCUT2D eigenvalue weighted by atomic mass is 9.98. The summed E-state index contributed by atoms with van der Waals surface area (Å²) >= 11 is 3.45. The Hall–Kier alpha value is -1.22. The van der Waals surface area contributed by atoms with E-state index >= 15 is 0 Å². The number of fused-ring (bicyclic) bond motifs is 1. The van der Waals surface area contributed by atoms with Crippen LogP contribution in [0.4, 0.5) is 0 Å². The summed E-state index contributed by atoms with van der Waals surface area (Å²) in [7, 11) is 0. The number of aromatic nitrogens is 1. The standard InChI is InChI=1S/C15H16BrNO/c1-3-6-10(2)15(18)14-12(16)9-11-7-4-5-8-13(11)17-14/h4-5,7-10H,3,6H2,1-2H3. The molecule has 0 amide bonds. The van der Waals surface area contributed by atoms with E-state index in [4.69, 9.17) is 0 Å². The molecule has 1 aromatic carbocycles. The van der Waals surface area contributed by atoms with E-state index in [1.54, 1.807) is 0 Å². The average Bonchev–Trinajstić information content (AvgIpc) is 2.37. The minimum atomic E-state index is 0.0277. The molecule has 1 aromatic heterocycles. The fourth-order valence-corrected chi connectivity index (χ4v) is 2.59. The second-order valence-electron chi connectivity index (χ2n) is 4.57. The van der Waals surface area contributed by atoms with Crippen LogP contribution in [0.3, 0.4) is 0 Å². The van der Waals surface area contributed by atoms with E-state index in [-0.39, 0.29) is 11.7 Å². The number of hydrogen-bond acceptors (Lipinski definition) is 2. The topological polar surface area (TPSA) is 30.0 Å². The number of hydrogen-bond donors (Lipinski definition) is 0. The average molecular weight is 306 g/mol. The lowest BCUT2D eigenvalue weighted by molar-refractivity contribution is 0.0918. The van der Waals surface area contributed by atoms with Crippen molar-refractivity contribution < 1.29 is 4.79 Å². The van der Waals surface area contributed by atoms with Crippen molar-refractivity contribution in [2.45, 2.75) is 26.7 Å². The molecule has 2 rings (SSSR count). The maximum Gasteiger partial charge on any atom is 0.185 e. The van der Waals surface area contributed by atoms with Crippen molar-refractivity contribution in [1.29, 1.82) is 0 Å². The molecule has 0 fully saturated rings. The largest absolute Gasteiger partial charge is 0.292 e. The van der Waals surface area contributed by atoms with Gasteiger partial charge in [-0.1, -0.05) is 38.5 Å². The highest BCUT2D eigenvalue weighted by molar-refractivity contribution is 9.10. The highest BCUT2D eigenvalue weighted by Gasteiger charge is 2.19. The van der Waals surface area contributed by atoms with Gasteiger partial charge >= 0.3 is 0 Å². The van der Waals surface area contributed by atoms with E-state index in [2.05, 4.69) is 27.8 Å². The molecule has 0 aliphatic carbocycles. The van der Waals surface area contributed by atoms with Crippen molar-refractivity contribution in [2.75, 3.05) is 0 Å². The van der Waals surface area contributed by atoms with Crippen LogP contribution in [0, 0.1) is 5.92 Å². The van der Waals surface area contributed by atoms with Gasteiger partial charge in [0, 0.05) is 15.8 Å². The number of carbonyl (C=O) groups excluding carboxylic acids is 1. The van der Waals surface area contributed by atoms with Crippen LogP contribution in [0.2, 0.25) is 0 Å². The molecular formula is C15H16BrNO. The highest BCUT2D eigenvalue weighted by Crippen LogP contribution is 2.24. The predicted octanol–water partition coefficient (Wildman–Crippen LogP) is 4.62. The highest BCUT2D eigenvalue weighted by atomic mass is 79.9. The van der Waals surface area contributed by atoms with E-state index in [1.807, 2.05) is 37.3 Å². The van der Waals surface area contributed by atoms with E-state index in [0.29, 0.717) is 5.69 Å². The number of nitrogens with zero attached hydrogens (tertiary/aromatic N) is 1. The Morgan fingerprint density at radius 1 is 1.39 bits per heavy atom. The Labute approximate surface area is 116 Å². The molecule has 1 unspecified atom stereocenters. The smallest absolute Gasteiger partial charge is 0.185 e. The van der Waals surface area contributed by atoms with Crippen molar-refractivity contribution in [3.05, 3.63) is 40.5 Å². The Kier molecular flexibility index (Phi) is 4.12. The molecule has 18 heavy (non-hydrogen) atoms. The van der Waals surface area contributed by atoms with Crippen LogP contribution in [0.1, 0.15) is 37.2 Å². The van der Waals surface area contributed by atoms with Crippen LogP contribution >= 0.6 is 15.9 Å². The van der Waals surface area contributed by atoms with Gasteiger partial charge in [-0.3, -0.25) is 4.79 Å². The monoisotopic (exact) mass is 305 g/mol. The molecule has 0 spiro atoms. The van der Waals surface area contributed by atoms with Crippen molar-refractivity contribution in [1.82, 2.24) is 4.98 Å². The molecular weight excluding hydrogens is 290 g/mol. The molecule has 0 radical (unpaired) electrons. The number of benzene rings is 1. The summed E-state index contributed by atoms with van der Waals surface area (Å²) in [5.41, 5.74) is 1.42. The Morgan fingerprint density at radius 3 is 2.83 bits per heavy atom. The fraction of sp³-hybridized carbons (Fsp3) is 0.333. The van der Waals surface area contributed by atoms with Crippen LogP contribution in [-0.4, -0.2) is 10.8 Å². The summed E-state index contributed by atoms with van der Waals surface area (Å²) < 4.78 is 0.786. The zero-order valence-electron chi connectivity index (χ0n) is 10.6. The third-order valence-corrected chi connectivity index (χ3v) is 3.68. The van der Waals surface area contributed by atoms with Gasteiger partial charge in [-0.05, 0) is 34.5 Å². The van der Waals surface area contributed by atoms with Crippen molar-refractivity contribution in [2.24, 2.45) is 5.92 Å². The van der Waals surface area contributed by atoms with Gasteiger partial charge in [-0.25, -0.2) is 4.98 Å². The number of rotatable bonds is 4. The number of ketones is 1. The molecule has 0 saturated carbocycles. The van der Waals surface area contributed by atoms with Crippen molar-refractivity contribution >= 4 is 32.6 Å². The van der Waals surface area contributed by atoms with Crippen LogP contribution < -0.4 is 0 Å². The normalized spacial score (nSPS) is 12.6. The first-order valence-corrected chi connectivity index (χ1v) is 7.02. The lowest BCUT2D eigenvalue weighted by Gasteiger charge is -2.10. The maximum atomic E-state index is 12.3. The SMILES string of the molecule is CCCC(C)C(=O)c1nc2ccccc2cc1Br. The molecule has 0 bridgehead atoms. The molecule has 1 atom stereocenters. The second-order valence-corrected chi connectivity index (χ2v) is 5.42. The molecule has 2 aromatic rings. The van der Waals surface area contributed by atoms with Crippen LogP contribution in [0.25, 0.3) is 10.9 Å². The zero-order chi connectivity index (χ0) is 13.1. The number of para-hydroxylation sites is 1. The molecule has 0 saturated heterocycles. The summed E-state index contributed by atoms with van der Waals surface area (Å²) in [5, 5.41) is 1.05. The number of Topliss-reactive ketones (excluding diaryl/α,β-unsaturated/α-hetero) is 1. The van der Waals surface area contributed by atoms with Gasteiger partial charge in [0.2, 0.25) is 0 Å². The van der Waals surface area contributed by atoms with Gasteiger partial charge < -0.3 is 0 Å². The molecule has 2 nitrogen and oxygen atoms in total. The van der Waals surface area contributed by atoms with Crippen molar-refractivity contribution in [3.63, 3.8) is 0 Å². The van der Waals surface area contributed by atoms with Gasteiger partial charge in [-0.15, -0.1) is 0 Å². The molecule has 3 heteroatoms. The molecule has 1 heterocycles. The molecule has 0 aliphatic heterocycles. The van der Waals surface area contributed by atoms with Crippen LogP contribution in [0.15, 0.2) is 34.8 Å². The Bertz CT molecular complexity index is 580. The van der Waals surface area contributed by atoms with E-state index in [9.17, 15) is 4.79 Å². The number of pyridine rings is 1. The van der Waals surface area contributed by atoms with Gasteiger partial charge in [0.05, 0.1) is 5.52 Å². The van der Waals surface area contributed by atoms with Crippen molar-refractivity contribution in [3.8, 4) is 0 Å². The zero-order valence-corrected chi connectivity index (χ0v) is 12.2. The minimum Gasteiger partial charge on any atom is -0.292 e.